The van der Waals surface area contributed by atoms with Crippen molar-refractivity contribution in [2.45, 2.75) is 46.3 Å². The number of ether oxygens (including phenoxy) is 2. The summed E-state index contributed by atoms with van der Waals surface area (Å²) in [7, 11) is 0. The maximum absolute atomic E-state index is 5.61. The summed E-state index contributed by atoms with van der Waals surface area (Å²) < 4.78 is 11.2. The zero-order valence-electron chi connectivity index (χ0n) is 11.6. The average Bonchev–Trinajstić information content (AvgIpc) is 2.28. The molecule has 1 aromatic rings. The third-order valence-electron chi connectivity index (χ3n) is 2.66. The molecular weight excluding hydrogens is 212 g/mol. The Morgan fingerprint density at radius 2 is 1.65 bits per heavy atom. The molecule has 0 fully saturated rings. The lowest BCUT2D eigenvalue weighted by Gasteiger charge is -2.22. The molecular formula is C15H24O2. The van der Waals surface area contributed by atoms with Gasteiger partial charge in [-0.1, -0.05) is 45.0 Å². The van der Waals surface area contributed by atoms with Crippen molar-refractivity contribution in [3.05, 3.63) is 35.4 Å². The first kappa shape index (κ1) is 14.2. The van der Waals surface area contributed by atoms with Crippen LogP contribution in [0.3, 0.4) is 0 Å². The maximum Gasteiger partial charge on any atom is 0.183 e. The van der Waals surface area contributed by atoms with Crippen molar-refractivity contribution in [3.63, 3.8) is 0 Å². The Morgan fingerprint density at radius 3 is 2.12 bits per heavy atom. The molecule has 0 radical (unpaired) electrons. The SMILES string of the molecule is CCOC(OCC)c1cccc(C(C)(C)C)c1. The lowest BCUT2D eigenvalue weighted by molar-refractivity contribution is -0.140. The van der Waals surface area contributed by atoms with Gasteiger partial charge in [0.05, 0.1) is 0 Å². The summed E-state index contributed by atoms with van der Waals surface area (Å²) in [4.78, 5) is 0. The Morgan fingerprint density at radius 1 is 1.06 bits per heavy atom. The Labute approximate surface area is 105 Å². The fourth-order valence-electron chi connectivity index (χ4n) is 1.70. The van der Waals surface area contributed by atoms with Gasteiger partial charge in [-0.2, -0.15) is 0 Å². The van der Waals surface area contributed by atoms with E-state index in [-0.39, 0.29) is 11.7 Å². The molecule has 0 saturated carbocycles. The molecule has 2 heteroatoms. The summed E-state index contributed by atoms with van der Waals surface area (Å²) in [6.45, 7) is 11.9. The summed E-state index contributed by atoms with van der Waals surface area (Å²) in [5.41, 5.74) is 2.56. The molecule has 0 aliphatic carbocycles. The molecule has 0 aliphatic heterocycles. The molecule has 2 nitrogen and oxygen atoms in total. The van der Waals surface area contributed by atoms with Crippen LogP contribution in [0, 0.1) is 0 Å². The molecule has 96 valence electrons. The van der Waals surface area contributed by atoms with Crippen LogP contribution in [0.15, 0.2) is 24.3 Å². The van der Waals surface area contributed by atoms with Crippen LogP contribution in [0.4, 0.5) is 0 Å². The normalized spacial score (nSPS) is 12.1. The molecule has 0 amide bonds. The third-order valence-corrected chi connectivity index (χ3v) is 2.66. The van der Waals surface area contributed by atoms with Crippen LogP contribution >= 0.6 is 0 Å². The molecule has 0 unspecified atom stereocenters. The van der Waals surface area contributed by atoms with E-state index in [0.717, 1.165) is 5.56 Å². The van der Waals surface area contributed by atoms with Crippen molar-refractivity contribution in [3.8, 4) is 0 Å². The van der Waals surface area contributed by atoms with Crippen molar-refractivity contribution < 1.29 is 9.47 Å². The second-order valence-electron chi connectivity index (χ2n) is 5.12. The van der Waals surface area contributed by atoms with Crippen LogP contribution in [0.1, 0.15) is 52.0 Å². The number of rotatable bonds is 5. The van der Waals surface area contributed by atoms with Crippen molar-refractivity contribution in [2.75, 3.05) is 13.2 Å². The number of benzene rings is 1. The van der Waals surface area contributed by atoms with Crippen LogP contribution in [0.25, 0.3) is 0 Å². The van der Waals surface area contributed by atoms with Gasteiger partial charge in [0.1, 0.15) is 0 Å². The van der Waals surface area contributed by atoms with Crippen LogP contribution in [0.5, 0.6) is 0 Å². The van der Waals surface area contributed by atoms with Crippen molar-refractivity contribution in [1.29, 1.82) is 0 Å². The fraction of sp³-hybridized carbons (Fsp3) is 0.600. The van der Waals surface area contributed by atoms with Gasteiger partial charge in [-0.15, -0.1) is 0 Å². The molecule has 0 spiro atoms. The molecule has 17 heavy (non-hydrogen) atoms. The lowest BCUT2D eigenvalue weighted by Crippen LogP contribution is -2.14. The predicted octanol–water partition coefficient (Wildman–Crippen LogP) is 4.06. The number of hydrogen-bond donors (Lipinski definition) is 0. The monoisotopic (exact) mass is 236 g/mol. The minimum Gasteiger partial charge on any atom is -0.349 e. The molecule has 0 bridgehead atoms. The van der Waals surface area contributed by atoms with E-state index in [1.54, 1.807) is 0 Å². The van der Waals surface area contributed by atoms with E-state index in [2.05, 4.69) is 45.0 Å². The van der Waals surface area contributed by atoms with Crippen LogP contribution in [-0.2, 0) is 14.9 Å². The van der Waals surface area contributed by atoms with Gasteiger partial charge in [-0.05, 0) is 24.8 Å². The summed E-state index contributed by atoms with van der Waals surface area (Å²) in [5.74, 6) is 0. The summed E-state index contributed by atoms with van der Waals surface area (Å²) in [6, 6.07) is 8.46. The molecule has 1 aromatic carbocycles. The average molecular weight is 236 g/mol. The zero-order valence-corrected chi connectivity index (χ0v) is 11.6. The highest BCUT2D eigenvalue weighted by molar-refractivity contribution is 5.29. The van der Waals surface area contributed by atoms with Gasteiger partial charge in [0.2, 0.25) is 0 Å². The van der Waals surface area contributed by atoms with Crippen molar-refractivity contribution in [2.24, 2.45) is 0 Å². The van der Waals surface area contributed by atoms with Gasteiger partial charge in [-0.3, -0.25) is 0 Å². The Balaban J connectivity index is 2.95. The van der Waals surface area contributed by atoms with Gasteiger partial charge in [0.15, 0.2) is 6.29 Å². The number of hydrogen-bond acceptors (Lipinski definition) is 2. The second-order valence-corrected chi connectivity index (χ2v) is 5.12. The molecule has 0 heterocycles. The standard InChI is InChI=1S/C15H24O2/c1-6-16-14(17-7-2)12-9-8-10-13(11-12)15(3,4)5/h8-11,14H,6-7H2,1-5H3. The lowest BCUT2D eigenvalue weighted by atomic mass is 9.86. The summed E-state index contributed by atoms with van der Waals surface area (Å²) >= 11 is 0. The van der Waals surface area contributed by atoms with Crippen molar-refractivity contribution in [1.82, 2.24) is 0 Å². The highest BCUT2D eigenvalue weighted by atomic mass is 16.7. The first-order chi connectivity index (χ1) is 7.99. The highest BCUT2D eigenvalue weighted by Crippen LogP contribution is 2.26. The topological polar surface area (TPSA) is 18.5 Å². The largest absolute Gasteiger partial charge is 0.349 e. The Hall–Kier alpha value is -0.860. The quantitative estimate of drug-likeness (QED) is 0.718. The maximum atomic E-state index is 5.61. The van der Waals surface area contributed by atoms with Crippen LogP contribution in [-0.4, -0.2) is 13.2 Å². The van der Waals surface area contributed by atoms with E-state index in [9.17, 15) is 0 Å². The smallest absolute Gasteiger partial charge is 0.183 e. The van der Waals surface area contributed by atoms with E-state index in [0.29, 0.717) is 13.2 Å². The Kier molecular flexibility index (Phi) is 5.16. The van der Waals surface area contributed by atoms with Gasteiger partial charge in [-0.25, -0.2) is 0 Å². The molecule has 0 N–H and O–H groups in total. The molecule has 0 aromatic heterocycles. The van der Waals surface area contributed by atoms with Gasteiger partial charge in [0.25, 0.3) is 0 Å². The van der Waals surface area contributed by atoms with Gasteiger partial charge in [0, 0.05) is 18.8 Å². The minimum absolute atomic E-state index is 0.152. The molecule has 0 atom stereocenters. The minimum atomic E-state index is -0.243. The van der Waals surface area contributed by atoms with Gasteiger partial charge < -0.3 is 9.47 Å². The highest BCUT2D eigenvalue weighted by Gasteiger charge is 2.17. The first-order valence-electron chi connectivity index (χ1n) is 6.32. The molecule has 1 rings (SSSR count). The second kappa shape index (κ2) is 6.18. The van der Waals surface area contributed by atoms with E-state index in [4.69, 9.17) is 9.47 Å². The van der Waals surface area contributed by atoms with Crippen LogP contribution < -0.4 is 0 Å². The summed E-state index contributed by atoms with van der Waals surface area (Å²) in [6.07, 6.45) is -0.243. The first-order valence-corrected chi connectivity index (χ1v) is 6.32. The summed E-state index contributed by atoms with van der Waals surface area (Å²) in [5, 5.41) is 0. The third kappa shape index (κ3) is 4.14. The molecule has 0 aliphatic rings. The molecule has 0 saturated heterocycles. The van der Waals surface area contributed by atoms with Crippen molar-refractivity contribution >= 4 is 0 Å². The zero-order chi connectivity index (χ0) is 12.9. The Bertz CT molecular complexity index is 333. The van der Waals surface area contributed by atoms with Gasteiger partial charge >= 0.3 is 0 Å². The van der Waals surface area contributed by atoms with E-state index in [1.165, 1.54) is 5.56 Å². The van der Waals surface area contributed by atoms with E-state index in [1.807, 2.05) is 13.8 Å². The van der Waals surface area contributed by atoms with Crippen LogP contribution in [0.2, 0.25) is 0 Å². The van der Waals surface area contributed by atoms with E-state index < -0.39 is 0 Å². The fourth-order valence-corrected chi connectivity index (χ4v) is 1.70. The predicted molar refractivity (Wildman–Crippen MR) is 71.1 cm³/mol. The van der Waals surface area contributed by atoms with E-state index >= 15 is 0 Å².